The molecule has 4 fully saturated rings. The molecule has 4 aromatic carbocycles. The van der Waals surface area contributed by atoms with Gasteiger partial charge in [-0.1, -0.05) is 74.2 Å². The third kappa shape index (κ3) is 8.72. The second-order valence-corrected chi connectivity index (χ2v) is 17.4. The van der Waals surface area contributed by atoms with Gasteiger partial charge in [0.15, 0.2) is 0 Å². The maximum absolute atomic E-state index is 11.3. The quantitative estimate of drug-likeness (QED) is 0.101. The standard InChI is InChI=1S/2C22H22N2O4S/c2*25-22(26)21-24(28-21)20(14-5-1-2-6-14)15-9-11-16(12-10-15)27-13-19-23-17-7-3-4-8-18(17)29-19/h2*3-4,7-12,14,20-21H,1-2,5-6,13H2,(H,25,26)/t2*20?,21-,24?/m10/s1. The molecule has 2 aromatic heterocycles. The van der Waals surface area contributed by atoms with Gasteiger partial charge in [0.1, 0.15) is 34.7 Å². The van der Waals surface area contributed by atoms with Crippen molar-refractivity contribution in [3.63, 3.8) is 0 Å². The summed E-state index contributed by atoms with van der Waals surface area (Å²) in [6.45, 7) is 0.863. The number of thiazole rings is 2. The Morgan fingerprint density at radius 1 is 0.603 bits per heavy atom. The third-order valence-electron chi connectivity index (χ3n) is 11.3. The van der Waals surface area contributed by atoms with Crippen LogP contribution in [0.15, 0.2) is 97.1 Å². The monoisotopic (exact) mass is 820 g/mol. The van der Waals surface area contributed by atoms with Crippen LogP contribution in [0.2, 0.25) is 0 Å². The molecule has 0 amide bonds. The van der Waals surface area contributed by atoms with Crippen LogP contribution in [0.4, 0.5) is 0 Å². The molecule has 300 valence electrons. The van der Waals surface area contributed by atoms with Gasteiger partial charge in [-0.2, -0.15) is 0 Å². The summed E-state index contributed by atoms with van der Waals surface area (Å²) in [6.07, 6.45) is 7.53. The van der Waals surface area contributed by atoms with Gasteiger partial charge in [0, 0.05) is 0 Å². The van der Waals surface area contributed by atoms with Crippen LogP contribution in [0.1, 0.15) is 84.6 Å². The van der Waals surface area contributed by atoms with E-state index in [1.807, 2.05) is 84.9 Å². The molecule has 0 radical (unpaired) electrons. The molecular formula is C44H44N4O8S2. The summed E-state index contributed by atoms with van der Waals surface area (Å²) in [6, 6.07) is 32.0. The van der Waals surface area contributed by atoms with Crippen molar-refractivity contribution in [2.24, 2.45) is 11.8 Å². The molecule has 2 aliphatic carbocycles. The Hall–Kier alpha value is -4.96. The Kier molecular flexibility index (Phi) is 11.4. The fourth-order valence-electron chi connectivity index (χ4n) is 8.48. The van der Waals surface area contributed by atoms with Gasteiger partial charge in [0.2, 0.25) is 0 Å². The van der Waals surface area contributed by atoms with E-state index < -0.39 is 24.4 Å². The lowest BCUT2D eigenvalue weighted by molar-refractivity contribution is -0.139. The number of ether oxygens (including phenoxy) is 2. The second kappa shape index (κ2) is 17.1. The fourth-order valence-corrected chi connectivity index (χ4v) is 10.2. The molecule has 58 heavy (non-hydrogen) atoms. The minimum atomic E-state index is -0.927. The topological polar surface area (TPSA) is 150 Å². The number of carbonyl (C=O) groups is 2. The van der Waals surface area contributed by atoms with Crippen LogP contribution in [0.25, 0.3) is 20.4 Å². The van der Waals surface area contributed by atoms with Crippen molar-refractivity contribution < 1.29 is 39.0 Å². The van der Waals surface area contributed by atoms with E-state index in [-0.39, 0.29) is 12.1 Å². The molecular weight excluding hydrogens is 777 g/mol. The van der Waals surface area contributed by atoms with E-state index in [9.17, 15) is 19.8 Å². The van der Waals surface area contributed by atoms with Gasteiger partial charge >= 0.3 is 11.9 Å². The maximum atomic E-state index is 11.3. The average Bonchev–Trinajstić information content (AvgIpc) is 3.81. The average molecular weight is 821 g/mol. The zero-order valence-electron chi connectivity index (χ0n) is 31.7. The van der Waals surface area contributed by atoms with E-state index in [1.165, 1.54) is 25.7 Å². The fraction of sp³-hybridized carbons (Fsp3) is 0.364. The van der Waals surface area contributed by atoms with Gasteiger partial charge in [-0.3, -0.25) is 9.68 Å². The number of aliphatic carboxylic acids is 2. The molecule has 2 N–H and O–H groups in total. The number of para-hydroxylation sites is 2. The minimum absolute atomic E-state index is 0.0167. The van der Waals surface area contributed by atoms with E-state index in [1.54, 1.807) is 32.8 Å². The SMILES string of the molecule is O=C(O)[C@@H]1ON1C(c1ccc(OCc2nc3ccccc3s2)cc1)C1CCCC1.O=C(O)[C@H]1ON1C(c1ccc(OCc2nc3ccccc3s2)cc1)C1CCCC1. The lowest BCUT2D eigenvalue weighted by Gasteiger charge is -2.23. The summed E-state index contributed by atoms with van der Waals surface area (Å²) < 4.78 is 14.2. The Morgan fingerprint density at radius 2 is 0.983 bits per heavy atom. The Balaban J connectivity index is 0.000000150. The van der Waals surface area contributed by atoms with Crippen LogP contribution >= 0.6 is 22.7 Å². The van der Waals surface area contributed by atoms with Crippen molar-refractivity contribution in [2.45, 2.75) is 89.1 Å². The summed E-state index contributed by atoms with van der Waals surface area (Å²) in [5, 5.41) is 23.6. The van der Waals surface area contributed by atoms with Crippen LogP contribution in [-0.4, -0.2) is 54.7 Å². The molecule has 2 saturated carbocycles. The highest BCUT2D eigenvalue weighted by Crippen LogP contribution is 2.47. The lowest BCUT2D eigenvalue weighted by atomic mass is 9.91. The maximum Gasteiger partial charge on any atom is 0.352 e. The molecule has 2 saturated heterocycles. The number of benzene rings is 4. The summed E-state index contributed by atoms with van der Waals surface area (Å²) in [4.78, 5) is 42.5. The molecule has 0 spiro atoms. The number of hydroxylamine groups is 4. The molecule has 6 aromatic rings. The first-order chi connectivity index (χ1) is 28.4. The highest BCUT2D eigenvalue weighted by atomic mass is 32.1. The van der Waals surface area contributed by atoms with Crippen LogP contribution in [0, 0.1) is 11.8 Å². The van der Waals surface area contributed by atoms with Crippen LogP contribution in [0.3, 0.4) is 0 Å². The highest BCUT2D eigenvalue weighted by molar-refractivity contribution is 7.18. The molecule has 12 nitrogen and oxygen atoms in total. The van der Waals surface area contributed by atoms with Crippen molar-refractivity contribution in [3.8, 4) is 11.5 Å². The molecule has 6 atom stereocenters. The summed E-state index contributed by atoms with van der Waals surface area (Å²) >= 11 is 3.28. The smallest absolute Gasteiger partial charge is 0.352 e. The van der Waals surface area contributed by atoms with Crippen molar-refractivity contribution in [3.05, 3.63) is 118 Å². The Labute approximate surface area is 343 Å². The van der Waals surface area contributed by atoms with E-state index in [0.29, 0.717) is 25.0 Å². The minimum Gasteiger partial charge on any atom is -0.486 e. The number of fused-ring (bicyclic) bond motifs is 2. The molecule has 0 bridgehead atoms. The number of nitrogens with zero attached hydrogens (tertiary/aromatic N) is 4. The zero-order chi connectivity index (χ0) is 39.6. The number of aromatic nitrogens is 2. The van der Waals surface area contributed by atoms with Crippen LogP contribution in [-0.2, 0) is 32.5 Å². The third-order valence-corrected chi connectivity index (χ3v) is 13.3. The van der Waals surface area contributed by atoms with Gasteiger partial charge in [-0.15, -0.1) is 32.8 Å². The molecule has 4 aliphatic rings. The van der Waals surface area contributed by atoms with Crippen molar-refractivity contribution in [2.75, 3.05) is 0 Å². The van der Waals surface area contributed by atoms with E-state index in [4.69, 9.17) is 19.1 Å². The molecule has 10 rings (SSSR count). The number of hydrogen-bond donors (Lipinski definition) is 2. The number of carboxylic acids is 2. The van der Waals surface area contributed by atoms with Gasteiger partial charge in [-0.25, -0.2) is 19.6 Å². The Bertz CT molecular complexity index is 2130. The first-order valence-corrected chi connectivity index (χ1v) is 21.5. The zero-order valence-corrected chi connectivity index (χ0v) is 33.4. The van der Waals surface area contributed by atoms with Crippen molar-refractivity contribution >= 4 is 55.0 Å². The Morgan fingerprint density at radius 3 is 1.33 bits per heavy atom. The van der Waals surface area contributed by atoms with Gasteiger partial charge in [0.25, 0.3) is 12.5 Å². The molecule has 4 heterocycles. The largest absolute Gasteiger partial charge is 0.486 e. The van der Waals surface area contributed by atoms with Gasteiger partial charge in [0.05, 0.1) is 32.5 Å². The first-order valence-electron chi connectivity index (χ1n) is 19.9. The second-order valence-electron chi connectivity index (χ2n) is 15.2. The van der Waals surface area contributed by atoms with E-state index in [0.717, 1.165) is 78.8 Å². The highest BCUT2D eigenvalue weighted by Gasteiger charge is 2.52. The number of carboxylic acid groups (broad SMARTS) is 2. The normalized spacial score (nSPS) is 22.6. The summed E-state index contributed by atoms with van der Waals surface area (Å²) in [5.41, 5.74) is 4.15. The molecule has 14 heteroatoms. The van der Waals surface area contributed by atoms with Crippen molar-refractivity contribution in [1.82, 2.24) is 20.1 Å². The summed E-state index contributed by atoms with van der Waals surface area (Å²) in [5.74, 6) is 0.551. The van der Waals surface area contributed by atoms with Gasteiger partial charge in [-0.05, 0) is 97.2 Å². The predicted molar refractivity (Wildman–Crippen MR) is 219 cm³/mol. The number of hydrogen-bond acceptors (Lipinski definition) is 12. The number of rotatable bonds is 14. The van der Waals surface area contributed by atoms with Gasteiger partial charge < -0.3 is 19.7 Å². The predicted octanol–water partition coefficient (Wildman–Crippen LogP) is 9.53. The molecule has 4 unspecified atom stereocenters. The van der Waals surface area contributed by atoms with Crippen LogP contribution in [0.5, 0.6) is 11.5 Å². The summed E-state index contributed by atoms with van der Waals surface area (Å²) in [7, 11) is 0. The lowest BCUT2D eigenvalue weighted by Crippen LogP contribution is -2.22. The first kappa shape index (κ1) is 38.6. The van der Waals surface area contributed by atoms with E-state index in [2.05, 4.69) is 22.1 Å². The van der Waals surface area contributed by atoms with Crippen LogP contribution < -0.4 is 9.47 Å². The molecule has 2 aliphatic heterocycles. The van der Waals surface area contributed by atoms with E-state index >= 15 is 0 Å². The van der Waals surface area contributed by atoms with Crippen molar-refractivity contribution in [1.29, 1.82) is 0 Å².